The third-order valence-electron chi connectivity index (χ3n) is 4.40. The first-order valence-corrected chi connectivity index (χ1v) is 9.12. The average molecular weight is 326 g/mol. The van der Waals surface area contributed by atoms with E-state index >= 15 is 0 Å². The van der Waals surface area contributed by atoms with Crippen LogP contribution in [-0.2, 0) is 11.2 Å². The largest absolute Gasteiger partial charge is 0.325 e. The van der Waals surface area contributed by atoms with Gasteiger partial charge >= 0.3 is 0 Å². The predicted octanol–water partition coefficient (Wildman–Crippen LogP) is 3.97. The minimum atomic E-state index is 0.0359. The summed E-state index contributed by atoms with van der Waals surface area (Å²) in [6, 6.07) is 16.8. The quantitative estimate of drug-likeness (QED) is 0.844. The summed E-state index contributed by atoms with van der Waals surface area (Å²) in [5.41, 5.74) is 3.64. The first-order chi connectivity index (χ1) is 11.2. The summed E-state index contributed by atoms with van der Waals surface area (Å²) < 4.78 is 0. The molecule has 2 aromatic rings. The zero-order valence-corrected chi connectivity index (χ0v) is 14.4. The van der Waals surface area contributed by atoms with Crippen molar-refractivity contribution in [3.8, 4) is 0 Å². The van der Waals surface area contributed by atoms with Gasteiger partial charge in [-0.25, -0.2) is 0 Å². The number of nitrogens with one attached hydrogen (secondary N) is 1. The van der Waals surface area contributed by atoms with Gasteiger partial charge in [-0.05, 0) is 61.5 Å². The highest BCUT2D eigenvalue weighted by atomic mass is 32.2. The Balaban J connectivity index is 1.59. The fraction of sp³-hybridized carbons (Fsp3) is 0.316. The number of anilines is 1. The molecule has 1 aliphatic rings. The van der Waals surface area contributed by atoms with Crippen LogP contribution in [-0.4, -0.2) is 30.7 Å². The maximum Gasteiger partial charge on any atom is 0.238 e. The lowest BCUT2D eigenvalue weighted by Crippen LogP contribution is -2.32. The fourth-order valence-electron chi connectivity index (χ4n) is 3.20. The van der Waals surface area contributed by atoms with Gasteiger partial charge in [0.1, 0.15) is 0 Å². The van der Waals surface area contributed by atoms with Gasteiger partial charge in [-0.1, -0.05) is 24.3 Å². The highest BCUT2D eigenvalue weighted by Crippen LogP contribution is 2.34. The van der Waals surface area contributed by atoms with E-state index in [1.807, 2.05) is 37.6 Å². The maximum atomic E-state index is 12.3. The molecule has 1 aliphatic carbocycles. The van der Waals surface area contributed by atoms with Crippen molar-refractivity contribution in [3.05, 3.63) is 59.7 Å². The van der Waals surface area contributed by atoms with Crippen molar-refractivity contribution in [1.82, 2.24) is 4.90 Å². The van der Waals surface area contributed by atoms with E-state index in [0.29, 0.717) is 12.6 Å². The van der Waals surface area contributed by atoms with E-state index in [4.69, 9.17) is 0 Å². The van der Waals surface area contributed by atoms with Crippen molar-refractivity contribution in [3.63, 3.8) is 0 Å². The van der Waals surface area contributed by atoms with Crippen molar-refractivity contribution >= 4 is 23.4 Å². The van der Waals surface area contributed by atoms with E-state index in [-0.39, 0.29) is 5.91 Å². The molecule has 0 spiro atoms. The Hall–Kier alpha value is -1.78. The molecule has 1 N–H and O–H groups in total. The number of fused-ring (bicyclic) bond motifs is 1. The summed E-state index contributed by atoms with van der Waals surface area (Å²) in [5, 5.41) is 2.98. The Kier molecular flexibility index (Phi) is 5.03. The molecule has 4 heteroatoms. The number of amides is 1. The Morgan fingerprint density at radius 3 is 2.70 bits per heavy atom. The van der Waals surface area contributed by atoms with Crippen molar-refractivity contribution in [2.24, 2.45) is 0 Å². The van der Waals surface area contributed by atoms with Crippen molar-refractivity contribution in [2.75, 3.05) is 25.2 Å². The minimum Gasteiger partial charge on any atom is -0.325 e. The molecule has 2 aromatic carbocycles. The van der Waals surface area contributed by atoms with E-state index in [0.717, 1.165) is 18.5 Å². The number of aryl methyl sites for hydroxylation is 1. The smallest absolute Gasteiger partial charge is 0.238 e. The van der Waals surface area contributed by atoms with E-state index in [9.17, 15) is 4.79 Å². The van der Waals surface area contributed by atoms with Crippen LogP contribution < -0.4 is 5.32 Å². The molecular formula is C19H22N2OS. The summed E-state index contributed by atoms with van der Waals surface area (Å²) >= 11 is 1.70. The lowest BCUT2D eigenvalue weighted by Gasteiger charge is -2.24. The number of hydrogen-bond donors (Lipinski definition) is 1. The summed E-state index contributed by atoms with van der Waals surface area (Å²) in [4.78, 5) is 15.6. The Bertz CT molecular complexity index is 684. The van der Waals surface area contributed by atoms with Gasteiger partial charge in [-0.15, -0.1) is 11.8 Å². The van der Waals surface area contributed by atoms with Crippen molar-refractivity contribution < 1.29 is 4.79 Å². The summed E-state index contributed by atoms with van der Waals surface area (Å²) in [5.74, 6) is 0.0359. The van der Waals surface area contributed by atoms with E-state index in [2.05, 4.69) is 34.5 Å². The fourth-order valence-corrected chi connectivity index (χ4v) is 3.61. The number of nitrogens with zero attached hydrogens (tertiary/aromatic N) is 1. The summed E-state index contributed by atoms with van der Waals surface area (Å²) in [6.07, 6.45) is 4.23. The third kappa shape index (κ3) is 3.77. The molecule has 3 rings (SSSR count). The standard InChI is InChI=1S/C19H22N2OS/c1-21(18-12-7-14-5-3-4-6-17(14)18)13-19(22)20-15-8-10-16(23-2)11-9-15/h3-6,8-11,18H,7,12-13H2,1-2H3,(H,20,22). The van der Waals surface area contributed by atoms with Gasteiger partial charge < -0.3 is 5.32 Å². The van der Waals surface area contributed by atoms with Crippen LogP contribution in [0.5, 0.6) is 0 Å². The molecule has 1 unspecified atom stereocenters. The zero-order chi connectivity index (χ0) is 16.2. The lowest BCUT2D eigenvalue weighted by atomic mass is 10.1. The molecule has 0 aromatic heterocycles. The normalized spacial score (nSPS) is 16.4. The van der Waals surface area contributed by atoms with Crippen LogP contribution in [0.3, 0.4) is 0 Å². The first kappa shape index (κ1) is 16.1. The Morgan fingerprint density at radius 1 is 1.22 bits per heavy atom. The van der Waals surface area contributed by atoms with Gasteiger partial charge in [0, 0.05) is 16.6 Å². The second kappa shape index (κ2) is 7.20. The number of likely N-dealkylation sites (N-methyl/N-ethyl adjacent to an activating group) is 1. The van der Waals surface area contributed by atoms with Crippen LogP contribution in [0.1, 0.15) is 23.6 Å². The highest BCUT2D eigenvalue weighted by Gasteiger charge is 2.26. The molecule has 0 aliphatic heterocycles. The number of thioether (sulfide) groups is 1. The molecule has 0 heterocycles. The second-order valence-corrected chi connectivity index (χ2v) is 6.82. The van der Waals surface area contributed by atoms with E-state index in [1.54, 1.807) is 11.8 Å². The average Bonchev–Trinajstić information content (AvgIpc) is 2.99. The highest BCUT2D eigenvalue weighted by molar-refractivity contribution is 7.98. The number of carbonyl (C=O) groups excluding carboxylic acids is 1. The van der Waals surface area contributed by atoms with Crippen LogP contribution >= 0.6 is 11.8 Å². The maximum absolute atomic E-state index is 12.3. The topological polar surface area (TPSA) is 32.3 Å². The zero-order valence-electron chi connectivity index (χ0n) is 13.6. The molecule has 3 nitrogen and oxygen atoms in total. The number of rotatable bonds is 5. The third-order valence-corrected chi connectivity index (χ3v) is 5.14. The van der Waals surface area contributed by atoms with Gasteiger partial charge in [0.25, 0.3) is 0 Å². The van der Waals surface area contributed by atoms with Crippen LogP contribution in [0.4, 0.5) is 5.69 Å². The molecular weight excluding hydrogens is 304 g/mol. The summed E-state index contributed by atoms with van der Waals surface area (Å²) in [7, 11) is 2.03. The molecule has 23 heavy (non-hydrogen) atoms. The molecule has 1 amide bonds. The molecule has 0 fully saturated rings. The molecule has 1 atom stereocenters. The van der Waals surface area contributed by atoms with Gasteiger partial charge in [-0.2, -0.15) is 0 Å². The van der Waals surface area contributed by atoms with Crippen LogP contribution in [0.15, 0.2) is 53.4 Å². The number of hydrogen-bond acceptors (Lipinski definition) is 3. The number of carbonyl (C=O) groups is 1. The summed E-state index contributed by atoms with van der Waals surface area (Å²) in [6.45, 7) is 0.406. The van der Waals surface area contributed by atoms with Crippen molar-refractivity contribution in [1.29, 1.82) is 0 Å². The Labute approximate surface area is 142 Å². The monoisotopic (exact) mass is 326 g/mol. The molecule has 0 bridgehead atoms. The van der Waals surface area contributed by atoms with Gasteiger partial charge in [0.2, 0.25) is 5.91 Å². The molecule has 120 valence electrons. The van der Waals surface area contributed by atoms with Crippen molar-refractivity contribution in [2.45, 2.75) is 23.8 Å². The van der Waals surface area contributed by atoms with Crippen LogP contribution in [0, 0.1) is 0 Å². The van der Waals surface area contributed by atoms with Gasteiger partial charge in [0.05, 0.1) is 6.54 Å². The van der Waals surface area contributed by atoms with Crippen LogP contribution in [0.25, 0.3) is 0 Å². The predicted molar refractivity (Wildman–Crippen MR) is 97.0 cm³/mol. The van der Waals surface area contributed by atoms with Gasteiger partial charge in [-0.3, -0.25) is 9.69 Å². The first-order valence-electron chi connectivity index (χ1n) is 7.89. The van der Waals surface area contributed by atoms with Gasteiger partial charge in [0.15, 0.2) is 0 Å². The lowest BCUT2D eigenvalue weighted by molar-refractivity contribution is -0.117. The molecule has 0 saturated heterocycles. The van der Waals surface area contributed by atoms with E-state index in [1.165, 1.54) is 16.0 Å². The number of benzene rings is 2. The Morgan fingerprint density at radius 2 is 1.96 bits per heavy atom. The second-order valence-electron chi connectivity index (χ2n) is 5.95. The SMILES string of the molecule is CSc1ccc(NC(=O)CN(C)C2CCc3ccccc32)cc1. The molecule has 0 saturated carbocycles. The molecule has 0 radical (unpaired) electrons. The van der Waals surface area contributed by atoms with Crippen LogP contribution in [0.2, 0.25) is 0 Å². The minimum absolute atomic E-state index is 0.0359. The van der Waals surface area contributed by atoms with E-state index < -0.39 is 0 Å².